The zero-order valence-electron chi connectivity index (χ0n) is 32.5. The van der Waals surface area contributed by atoms with Crippen LogP contribution in [-0.2, 0) is 19.1 Å². The van der Waals surface area contributed by atoms with Crippen molar-refractivity contribution in [1.82, 2.24) is 0 Å². The number of carbonyl (C=O) groups excluding carboxylic acids is 3. The zero-order chi connectivity index (χ0) is 38.4. The highest BCUT2D eigenvalue weighted by Crippen LogP contribution is 2.77. The molecule has 0 spiro atoms. The van der Waals surface area contributed by atoms with Gasteiger partial charge in [0.15, 0.2) is 11.4 Å². The molecular formula is C45H62O8. The second-order valence-corrected chi connectivity index (χ2v) is 16.6. The number of ether oxygens (including phenoxy) is 2. The van der Waals surface area contributed by atoms with E-state index in [4.69, 9.17) is 9.47 Å². The molecule has 4 aliphatic rings. The topological polar surface area (TPSA) is 130 Å². The van der Waals surface area contributed by atoms with Crippen LogP contribution in [0.3, 0.4) is 0 Å². The molecule has 0 saturated heterocycles. The molecule has 5 rings (SSSR count). The van der Waals surface area contributed by atoms with Gasteiger partial charge in [-0.1, -0.05) is 114 Å². The number of hydrogen-bond acceptors (Lipinski definition) is 8. The van der Waals surface area contributed by atoms with Gasteiger partial charge in [0.2, 0.25) is 0 Å². The second kappa shape index (κ2) is 17.0. The van der Waals surface area contributed by atoms with Crippen molar-refractivity contribution < 1.29 is 39.2 Å². The standard InChI is InChI=1S/C45H62O8/c1-6-7-8-9-10-11-12-13-14-15-16-17-18-19-23-26-37(47)53-45-38(42(45,4)5)35-28-33(30-46)29-43(50)36(27-31(2)39(43)48)44(35,51)32(3)40(45)52-41(49)34-24-21-20-22-25-34/h10-11,13-14,20-22,24-25,27-28,32,35-36,38,40,46,50-51H,6-9,12,15-19,23,26,29-30H2,1-5H3/b11-10-,14-13-/t32-,35+,36-,38-,40-,43-,44-,45-/m1/s1. The van der Waals surface area contributed by atoms with Crippen LogP contribution in [0.25, 0.3) is 0 Å². The first-order valence-corrected chi connectivity index (χ1v) is 20.1. The largest absolute Gasteiger partial charge is 0.454 e. The quantitative estimate of drug-likeness (QED) is 0.0784. The maximum Gasteiger partial charge on any atom is 0.338 e. The molecule has 1 aromatic rings. The number of aliphatic hydroxyl groups is 3. The van der Waals surface area contributed by atoms with Gasteiger partial charge in [-0.25, -0.2) is 4.79 Å². The fourth-order valence-corrected chi connectivity index (χ4v) is 9.90. The molecule has 4 aliphatic carbocycles. The number of ketones is 1. The molecule has 2 fully saturated rings. The number of rotatable bonds is 18. The van der Waals surface area contributed by atoms with Gasteiger partial charge in [0.25, 0.3) is 0 Å². The third kappa shape index (κ3) is 7.79. The SMILES string of the molecule is CCCCC/C=C\C/C=C\CCCCCCCC(=O)O[C@@]12[C@H](OC(=O)c3ccccc3)[C@@H](C)[C@@]3(O)[C@@H](C=C(CO)C[C@]4(O)C(=O)C(C)=C[C@@H]34)[C@@H]1C2(C)C. The van der Waals surface area contributed by atoms with Gasteiger partial charge in [0.05, 0.1) is 17.8 Å². The van der Waals surface area contributed by atoms with Crippen LogP contribution in [0.15, 0.2) is 77.9 Å². The van der Waals surface area contributed by atoms with E-state index in [0.717, 1.165) is 44.9 Å². The van der Waals surface area contributed by atoms with Crippen molar-refractivity contribution in [1.29, 1.82) is 0 Å². The molecule has 0 amide bonds. The molecule has 0 radical (unpaired) electrons. The van der Waals surface area contributed by atoms with Crippen molar-refractivity contribution in [2.75, 3.05) is 6.61 Å². The van der Waals surface area contributed by atoms with Crippen LogP contribution in [0.5, 0.6) is 0 Å². The number of Topliss-reactive ketones (excluding diaryl/α,β-unsaturated/α-hetero) is 1. The minimum Gasteiger partial charge on any atom is -0.454 e. The van der Waals surface area contributed by atoms with Gasteiger partial charge in [-0.15, -0.1) is 0 Å². The van der Waals surface area contributed by atoms with Gasteiger partial charge in [-0.05, 0) is 68.7 Å². The molecule has 2 saturated carbocycles. The first-order chi connectivity index (χ1) is 25.3. The average molecular weight is 731 g/mol. The summed E-state index contributed by atoms with van der Waals surface area (Å²) in [5.74, 6) is -4.61. The Morgan fingerprint density at radius 3 is 2.21 bits per heavy atom. The molecule has 290 valence electrons. The van der Waals surface area contributed by atoms with Crippen LogP contribution in [0.2, 0.25) is 0 Å². The smallest absolute Gasteiger partial charge is 0.338 e. The molecule has 3 N–H and O–H groups in total. The van der Waals surface area contributed by atoms with E-state index < -0.39 is 70.4 Å². The van der Waals surface area contributed by atoms with Crippen molar-refractivity contribution in [3.63, 3.8) is 0 Å². The third-order valence-electron chi connectivity index (χ3n) is 12.8. The van der Waals surface area contributed by atoms with Gasteiger partial charge < -0.3 is 24.8 Å². The van der Waals surface area contributed by atoms with Crippen LogP contribution >= 0.6 is 0 Å². The van der Waals surface area contributed by atoms with Crippen molar-refractivity contribution in [2.45, 2.75) is 141 Å². The van der Waals surface area contributed by atoms with E-state index in [2.05, 4.69) is 31.2 Å². The Hall–Kier alpha value is -3.33. The number of allylic oxidation sites excluding steroid dienone is 4. The highest BCUT2D eigenvalue weighted by Gasteiger charge is 2.88. The number of esters is 2. The fourth-order valence-electron chi connectivity index (χ4n) is 9.90. The summed E-state index contributed by atoms with van der Waals surface area (Å²) >= 11 is 0. The molecule has 8 heteroatoms. The van der Waals surface area contributed by atoms with Crippen molar-refractivity contribution in [3.05, 3.63) is 83.5 Å². The molecule has 0 heterocycles. The molecule has 8 nitrogen and oxygen atoms in total. The highest BCUT2D eigenvalue weighted by atomic mass is 16.6. The van der Waals surface area contributed by atoms with Crippen molar-refractivity contribution in [3.8, 4) is 0 Å². The van der Waals surface area contributed by atoms with Crippen LogP contribution in [0.1, 0.15) is 128 Å². The Kier molecular flexibility index (Phi) is 13.1. The summed E-state index contributed by atoms with van der Waals surface area (Å²) in [4.78, 5) is 40.9. The number of benzene rings is 1. The highest BCUT2D eigenvalue weighted by molar-refractivity contribution is 6.05. The number of hydrogen-bond donors (Lipinski definition) is 3. The summed E-state index contributed by atoms with van der Waals surface area (Å²) in [6.07, 6.45) is 23.2. The molecule has 0 unspecified atom stereocenters. The fraction of sp³-hybridized carbons (Fsp3) is 0.622. The van der Waals surface area contributed by atoms with E-state index in [1.807, 2.05) is 13.8 Å². The lowest BCUT2D eigenvalue weighted by molar-refractivity contribution is -0.219. The van der Waals surface area contributed by atoms with E-state index in [9.17, 15) is 29.7 Å². The Bertz CT molecular complexity index is 1590. The lowest BCUT2D eigenvalue weighted by atomic mass is 9.59. The first kappa shape index (κ1) is 40.8. The minimum absolute atomic E-state index is 0.131. The number of aliphatic hydroxyl groups excluding tert-OH is 1. The zero-order valence-corrected chi connectivity index (χ0v) is 32.5. The number of unbranched alkanes of at least 4 members (excludes halogenated alkanes) is 8. The average Bonchev–Trinajstić information content (AvgIpc) is 3.56. The summed E-state index contributed by atoms with van der Waals surface area (Å²) in [5, 5.41) is 35.4. The Morgan fingerprint density at radius 2 is 1.55 bits per heavy atom. The molecule has 53 heavy (non-hydrogen) atoms. The van der Waals surface area contributed by atoms with E-state index in [1.165, 1.54) is 19.3 Å². The maximum absolute atomic E-state index is 13.7. The monoisotopic (exact) mass is 730 g/mol. The maximum atomic E-state index is 13.7. The van der Waals surface area contributed by atoms with E-state index in [1.54, 1.807) is 56.3 Å². The number of carbonyl (C=O) groups is 3. The molecular weight excluding hydrogens is 668 g/mol. The van der Waals surface area contributed by atoms with Crippen LogP contribution < -0.4 is 0 Å². The molecule has 0 aromatic heterocycles. The van der Waals surface area contributed by atoms with Crippen LogP contribution in [0.4, 0.5) is 0 Å². The van der Waals surface area contributed by atoms with Gasteiger partial charge >= 0.3 is 11.9 Å². The third-order valence-corrected chi connectivity index (χ3v) is 12.8. The molecule has 1 aromatic carbocycles. The first-order valence-electron chi connectivity index (χ1n) is 20.1. The summed E-state index contributed by atoms with van der Waals surface area (Å²) in [7, 11) is 0. The van der Waals surface area contributed by atoms with Crippen molar-refractivity contribution in [2.24, 2.45) is 29.1 Å². The number of fused-ring (bicyclic) bond motifs is 5. The summed E-state index contributed by atoms with van der Waals surface area (Å²) in [5.41, 5.74) is -4.67. The molecule has 0 aliphatic heterocycles. The molecule has 8 atom stereocenters. The van der Waals surface area contributed by atoms with E-state index in [-0.39, 0.29) is 18.8 Å². The Labute approximate surface area is 316 Å². The van der Waals surface area contributed by atoms with Gasteiger partial charge in [0.1, 0.15) is 11.7 Å². The normalized spacial score (nSPS) is 32.8. The van der Waals surface area contributed by atoms with Crippen LogP contribution in [0, 0.1) is 29.1 Å². The second-order valence-electron chi connectivity index (χ2n) is 16.6. The van der Waals surface area contributed by atoms with E-state index in [0.29, 0.717) is 23.1 Å². The van der Waals surface area contributed by atoms with Gasteiger partial charge in [0, 0.05) is 41.9 Å². The molecule has 0 bridgehead atoms. The van der Waals surface area contributed by atoms with Crippen molar-refractivity contribution >= 4 is 17.7 Å². The van der Waals surface area contributed by atoms with E-state index >= 15 is 0 Å². The van der Waals surface area contributed by atoms with Gasteiger partial charge in [-0.2, -0.15) is 0 Å². The predicted octanol–water partition coefficient (Wildman–Crippen LogP) is 8.16. The summed E-state index contributed by atoms with van der Waals surface area (Å²) in [6, 6.07) is 8.56. The Morgan fingerprint density at radius 1 is 0.906 bits per heavy atom. The predicted molar refractivity (Wildman–Crippen MR) is 206 cm³/mol. The minimum atomic E-state index is -1.97. The van der Waals surface area contributed by atoms with Gasteiger partial charge in [-0.3, -0.25) is 9.59 Å². The Balaban J connectivity index is 1.28. The summed E-state index contributed by atoms with van der Waals surface area (Å²) < 4.78 is 12.8. The summed E-state index contributed by atoms with van der Waals surface area (Å²) in [6.45, 7) is 9.10. The lowest BCUT2D eigenvalue weighted by Crippen LogP contribution is -2.66. The lowest BCUT2D eigenvalue weighted by Gasteiger charge is -2.53. The van der Waals surface area contributed by atoms with Crippen LogP contribution in [-0.4, -0.2) is 62.6 Å².